The van der Waals surface area contributed by atoms with Gasteiger partial charge in [-0.15, -0.1) is 0 Å². The van der Waals surface area contributed by atoms with E-state index in [9.17, 15) is 14.0 Å². The second kappa shape index (κ2) is 6.50. The molecule has 1 saturated carbocycles. The van der Waals surface area contributed by atoms with Crippen molar-refractivity contribution in [1.29, 1.82) is 0 Å². The van der Waals surface area contributed by atoms with Gasteiger partial charge in [0.25, 0.3) is 0 Å². The smallest absolute Gasteiger partial charge is 0.394 e. The maximum Gasteiger partial charge on any atom is 0.394 e. The number of aromatic nitrogens is 1. The molecular weight excluding hydrogens is 286 g/mol. The Bertz CT molecular complexity index is 481. The Balaban J connectivity index is 1.76. The van der Waals surface area contributed by atoms with E-state index in [1.54, 1.807) is 5.48 Å². The largest absolute Gasteiger partial charge is 0.788 e. The Morgan fingerprint density at radius 3 is 2.90 bits per heavy atom. The second-order valence-corrected chi connectivity index (χ2v) is 5.00. The molecule has 2 rings (SSSR count). The molecule has 0 aliphatic heterocycles. The molecule has 0 saturated heterocycles. The standard InChI is InChI=1S/C13H17F2N2O4/c1-8(3-4-17-18)11-7-16-12(20-11)19-9-5-10(6-9)21-13(2,14)15/h7,9-10,17H,1,3-6H2,2H3/q-1. The van der Waals surface area contributed by atoms with Crippen molar-refractivity contribution in [3.8, 4) is 6.08 Å². The van der Waals surface area contributed by atoms with E-state index < -0.39 is 12.2 Å². The summed E-state index contributed by atoms with van der Waals surface area (Å²) in [6.45, 7) is 4.72. The van der Waals surface area contributed by atoms with Crippen molar-refractivity contribution in [3.05, 3.63) is 23.7 Å². The molecule has 21 heavy (non-hydrogen) atoms. The third kappa shape index (κ3) is 4.76. The number of hydroxylamine groups is 1. The fraction of sp³-hybridized carbons (Fsp3) is 0.615. The highest BCUT2D eigenvalue weighted by molar-refractivity contribution is 5.58. The van der Waals surface area contributed by atoms with Gasteiger partial charge in [-0.1, -0.05) is 6.58 Å². The third-order valence-electron chi connectivity index (χ3n) is 3.05. The number of oxazole rings is 1. The summed E-state index contributed by atoms with van der Waals surface area (Å²) in [5.41, 5.74) is 2.40. The Kier molecular flexibility index (Phi) is 4.92. The van der Waals surface area contributed by atoms with Gasteiger partial charge in [0, 0.05) is 19.8 Å². The van der Waals surface area contributed by atoms with Crippen LogP contribution in [0.15, 0.2) is 17.2 Å². The monoisotopic (exact) mass is 303 g/mol. The molecule has 1 aliphatic rings. The molecule has 0 radical (unpaired) electrons. The second-order valence-electron chi connectivity index (χ2n) is 5.00. The molecule has 1 N–H and O–H groups in total. The zero-order valence-corrected chi connectivity index (χ0v) is 11.6. The predicted molar refractivity (Wildman–Crippen MR) is 70.7 cm³/mol. The van der Waals surface area contributed by atoms with Crippen LogP contribution in [0.5, 0.6) is 6.08 Å². The molecule has 1 fully saturated rings. The first-order chi connectivity index (χ1) is 9.87. The molecule has 0 bridgehead atoms. The van der Waals surface area contributed by atoms with Gasteiger partial charge >= 0.3 is 12.2 Å². The molecule has 1 heterocycles. The summed E-state index contributed by atoms with van der Waals surface area (Å²) >= 11 is 0. The van der Waals surface area contributed by atoms with Crippen LogP contribution in [0, 0.1) is 5.21 Å². The van der Waals surface area contributed by atoms with Crippen LogP contribution >= 0.6 is 0 Å². The SMILES string of the molecule is C=C(CCN[O-])c1cnc(OC2CC(OC(C)(F)F)C2)o1. The van der Waals surface area contributed by atoms with Crippen LogP contribution in [0.25, 0.3) is 5.57 Å². The molecule has 8 heteroatoms. The number of nitrogens with one attached hydrogen (secondary N) is 1. The normalized spacial score (nSPS) is 21.9. The quantitative estimate of drug-likeness (QED) is 0.744. The summed E-state index contributed by atoms with van der Waals surface area (Å²) in [5, 5.41) is 10.2. The average Bonchev–Trinajstić information content (AvgIpc) is 2.80. The van der Waals surface area contributed by atoms with Crippen molar-refractivity contribution >= 4 is 5.57 Å². The van der Waals surface area contributed by atoms with Crippen molar-refractivity contribution in [3.63, 3.8) is 0 Å². The first-order valence-electron chi connectivity index (χ1n) is 6.58. The van der Waals surface area contributed by atoms with Gasteiger partial charge in [0.05, 0.1) is 12.3 Å². The maximum atomic E-state index is 12.6. The number of ether oxygens (including phenoxy) is 2. The van der Waals surface area contributed by atoms with Crippen LogP contribution in [0.2, 0.25) is 0 Å². The molecule has 1 aromatic heterocycles. The number of halogens is 2. The number of rotatable bonds is 8. The topological polar surface area (TPSA) is 79.6 Å². The van der Waals surface area contributed by atoms with E-state index in [0.717, 1.165) is 0 Å². The summed E-state index contributed by atoms with van der Waals surface area (Å²) < 4.78 is 40.5. The maximum absolute atomic E-state index is 12.6. The van der Waals surface area contributed by atoms with Gasteiger partial charge in [0.1, 0.15) is 6.10 Å². The molecule has 0 unspecified atom stereocenters. The van der Waals surface area contributed by atoms with Crippen molar-refractivity contribution in [1.82, 2.24) is 10.5 Å². The van der Waals surface area contributed by atoms with Gasteiger partial charge < -0.3 is 24.6 Å². The van der Waals surface area contributed by atoms with Crippen molar-refractivity contribution < 1.29 is 22.7 Å². The third-order valence-corrected chi connectivity index (χ3v) is 3.05. The lowest BCUT2D eigenvalue weighted by Crippen LogP contribution is -2.42. The summed E-state index contributed by atoms with van der Waals surface area (Å²) in [7, 11) is 0. The van der Waals surface area contributed by atoms with Gasteiger partial charge in [-0.3, -0.25) is 0 Å². The lowest BCUT2D eigenvalue weighted by molar-refractivity contribution is -0.271. The minimum atomic E-state index is -3.13. The minimum absolute atomic E-state index is 0.0629. The molecule has 1 aliphatic carbocycles. The summed E-state index contributed by atoms with van der Waals surface area (Å²) in [6.07, 6.45) is -1.21. The molecule has 6 nitrogen and oxygen atoms in total. The van der Waals surface area contributed by atoms with Gasteiger partial charge in [-0.05, 0) is 18.5 Å². The van der Waals surface area contributed by atoms with Crippen LogP contribution in [-0.4, -0.2) is 29.8 Å². The Morgan fingerprint density at radius 1 is 1.57 bits per heavy atom. The summed E-state index contributed by atoms with van der Waals surface area (Å²) in [4.78, 5) is 3.93. The van der Waals surface area contributed by atoms with E-state index >= 15 is 0 Å². The summed E-state index contributed by atoms with van der Waals surface area (Å²) in [6, 6.07) is 0. The molecule has 0 aromatic carbocycles. The Hall–Kier alpha value is -1.51. The van der Waals surface area contributed by atoms with Gasteiger partial charge in [0.15, 0.2) is 5.76 Å². The molecule has 0 amide bonds. The first-order valence-corrected chi connectivity index (χ1v) is 6.58. The lowest BCUT2D eigenvalue weighted by atomic mass is 9.92. The van der Waals surface area contributed by atoms with E-state index in [4.69, 9.17) is 9.15 Å². The zero-order chi connectivity index (χ0) is 15.5. The van der Waals surface area contributed by atoms with Crippen LogP contribution in [0.3, 0.4) is 0 Å². The van der Waals surface area contributed by atoms with Gasteiger partial charge in [0.2, 0.25) is 0 Å². The highest BCUT2D eigenvalue weighted by Gasteiger charge is 2.38. The van der Waals surface area contributed by atoms with Crippen LogP contribution in [0.1, 0.15) is 31.9 Å². The van der Waals surface area contributed by atoms with E-state index in [1.807, 2.05) is 0 Å². The Labute approximate surface area is 120 Å². The first kappa shape index (κ1) is 15.9. The van der Waals surface area contributed by atoms with Crippen LogP contribution in [-0.2, 0) is 4.74 Å². The van der Waals surface area contributed by atoms with Crippen molar-refractivity contribution in [2.75, 3.05) is 6.54 Å². The van der Waals surface area contributed by atoms with Gasteiger partial charge in [-0.2, -0.15) is 13.8 Å². The molecule has 0 atom stereocenters. The van der Waals surface area contributed by atoms with E-state index in [1.165, 1.54) is 6.20 Å². The van der Waals surface area contributed by atoms with Crippen LogP contribution in [0.4, 0.5) is 8.78 Å². The molecule has 118 valence electrons. The lowest BCUT2D eigenvalue weighted by Gasteiger charge is -2.35. The summed E-state index contributed by atoms with van der Waals surface area (Å²) in [5.74, 6) is 0.437. The van der Waals surface area contributed by atoms with Crippen LogP contribution < -0.4 is 10.2 Å². The molecular formula is C13H17F2N2O4-. The number of hydrogen-bond donors (Lipinski definition) is 1. The zero-order valence-electron chi connectivity index (χ0n) is 11.6. The average molecular weight is 303 g/mol. The minimum Gasteiger partial charge on any atom is -0.788 e. The predicted octanol–water partition coefficient (Wildman–Crippen LogP) is 2.70. The fourth-order valence-corrected chi connectivity index (χ4v) is 1.95. The molecule has 0 spiro atoms. The van der Waals surface area contributed by atoms with E-state index in [0.29, 0.717) is 37.5 Å². The highest BCUT2D eigenvalue weighted by atomic mass is 19.3. The van der Waals surface area contributed by atoms with Gasteiger partial charge in [-0.25, -0.2) is 0 Å². The number of nitrogens with zero attached hydrogens (tertiary/aromatic N) is 1. The van der Waals surface area contributed by atoms with E-state index in [2.05, 4.69) is 16.3 Å². The fourth-order valence-electron chi connectivity index (χ4n) is 1.95. The number of alkyl halides is 2. The van der Waals surface area contributed by atoms with Crippen molar-refractivity contribution in [2.24, 2.45) is 0 Å². The van der Waals surface area contributed by atoms with E-state index in [-0.39, 0.29) is 18.7 Å². The van der Waals surface area contributed by atoms with Crippen molar-refractivity contribution in [2.45, 2.75) is 44.5 Å². The highest BCUT2D eigenvalue weighted by Crippen LogP contribution is 2.32. The number of hydrogen-bond acceptors (Lipinski definition) is 6. The molecule has 1 aromatic rings. The Morgan fingerprint density at radius 2 is 2.29 bits per heavy atom.